The molecule has 0 spiro atoms. The lowest BCUT2D eigenvalue weighted by atomic mass is 10.2. The van der Waals surface area contributed by atoms with E-state index in [-0.39, 0.29) is 23.0 Å². The SMILES string of the molecule is Oc1cccc(O)c1-c1nc(-c2cc(Br)cs2)no1. The summed E-state index contributed by atoms with van der Waals surface area (Å²) in [5, 5.41) is 25.2. The molecule has 0 fully saturated rings. The summed E-state index contributed by atoms with van der Waals surface area (Å²) in [5.74, 6) is 0.272. The molecule has 0 radical (unpaired) electrons. The second-order valence-electron chi connectivity index (χ2n) is 3.72. The van der Waals surface area contributed by atoms with E-state index in [0.717, 1.165) is 9.35 Å². The zero-order valence-corrected chi connectivity index (χ0v) is 11.8. The van der Waals surface area contributed by atoms with E-state index in [1.54, 1.807) is 0 Å². The second-order valence-corrected chi connectivity index (χ2v) is 5.55. The van der Waals surface area contributed by atoms with Crippen molar-refractivity contribution in [3.8, 4) is 33.7 Å². The predicted molar refractivity (Wildman–Crippen MR) is 74.1 cm³/mol. The first-order valence-corrected chi connectivity index (χ1v) is 6.92. The molecular formula is C12H7BrN2O3S. The van der Waals surface area contributed by atoms with Crippen LogP contribution >= 0.6 is 27.3 Å². The van der Waals surface area contributed by atoms with Crippen LogP contribution in [0.4, 0.5) is 0 Å². The van der Waals surface area contributed by atoms with E-state index in [2.05, 4.69) is 26.1 Å². The number of thiophene rings is 1. The lowest BCUT2D eigenvalue weighted by Crippen LogP contribution is -1.81. The van der Waals surface area contributed by atoms with Gasteiger partial charge in [-0.25, -0.2) is 0 Å². The van der Waals surface area contributed by atoms with E-state index < -0.39 is 0 Å². The van der Waals surface area contributed by atoms with Crippen molar-refractivity contribution < 1.29 is 14.7 Å². The average molecular weight is 339 g/mol. The molecule has 2 heterocycles. The van der Waals surface area contributed by atoms with Crippen molar-refractivity contribution in [1.82, 2.24) is 10.1 Å². The number of hydrogen-bond acceptors (Lipinski definition) is 6. The molecule has 0 aliphatic carbocycles. The van der Waals surface area contributed by atoms with Crippen LogP contribution in [0.15, 0.2) is 38.6 Å². The lowest BCUT2D eigenvalue weighted by molar-refractivity contribution is 0.416. The number of phenols is 2. The van der Waals surface area contributed by atoms with E-state index in [1.807, 2.05) is 11.4 Å². The molecule has 0 saturated heterocycles. The quantitative estimate of drug-likeness (QED) is 0.745. The van der Waals surface area contributed by atoms with Gasteiger partial charge < -0.3 is 14.7 Å². The molecule has 2 N–H and O–H groups in total. The third kappa shape index (κ3) is 2.22. The molecule has 0 atom stereocenters. The molecule has 3 rings (SSSR count). The molecule has 0 bridgehead atoms. The monoisotopic (exact) mass is 338 g/mol. The third-order valence-electron chi connectivity index (χ3n) is 2.45. The fourth-order valence-electron chi connectivity index (χ4n) is 1.60. The minimum absolute atomic E-state index is 0.0788. The van der Waals surface area contributed by atoms with Gasteiger partial charge in [0.05, 0.1) is 4.88 Å². The minimum atomic E-state index is -0.109. The maximum absolute atomic E-state index is 9.74. The van der Waals surface area contributed by atoms with Gasteiger partial charge >= 0.3 is 0 Å². The van der Waals surface area contributed by atoms with Gasteiger partial charge in [-0.1, -0.05) is 11.2 Å². The summed E-state index contributed by atoms with van der Waals surface area (Å²) in [7, 11) is 0. The number of benzene rings is 1. The number of hydrogen-bond donors (Lipinski definition) is 2. The number of aromatic nitrogens is 2. The zero-order valence-electron chi connectivity index (χ0n) is 9.37. The Kier molecular flexibility index (Phi) is 3.00. The fourth-order valence-corrected chi connectivity index (χ4v) is 2.95. The molecule has 0 amide bonds. The summed E-state index contributed by atoms with van der Waals surface area (Å²) in [6.07, 6.45) is 0. The van der Waals surface area contributed by atoms with Crippen LogP contribution in [-0.4, -0.2) is 20.4 Å². The Morgan fingerprint density at radius 3 is 2.58 bits per heavy atom. The Morgan fingerprint density at radius 1 is 1.21 bits per heavy atom. The van der Waals surface area contributed by atoms with Gasteiger partial charge in [-0.15, -0.1) is 11.3 Å². The Bertz CT molecular complexity index is 718. The lowest BCUT2D eigenvalue weighted by Gasteiger charge is -2.00. The fraction of sp³-hybridized carbons (Fsp3) is 0. The maximum Gasteiger partial charge on any atom is 0.265 e. The summed E-state index contributed by atoms with van der Waals surface area (Å²) in [6.45, 7) is 0. The Morgan fingerprint density at radius 2 is 1.95 bits per heavy atom. The van der Waals surface area contributed by atoms with Crippen molar-refractivity contribution >= 4 is 27.3 Å². The van der Waals surface area contributed by atoms with Crippen molar-refractivity contribution in [3.05, 3.63) is 34.1 Å². The van der Waals surface area contributed by atoms with Gasteiger partial charge in [0.25, 0.3) is 5.89 Å². The van der Waals surface area contributed by atoms with Crippen LogP contribution in [0.2, 0.25) is 0 Å². The van der Waals surface area contributed by atoms with Crippen LogP contribution < -0.4 is 0 Å². The summed E-state index contributed by atoms with van der Waals surface area (Å²) in [5.41, 5.74) is 0.136. The smallest absolute Gasteiger partial charge is 0.265 e. The number of halogens is 1. The highest BCUT2D eigenvalue weighted by Crippen LogP contribution is 2.37. The van der Waals surface area contributed by atoms with E-state index >= 15 is 0 Å². The maximum atomic E-state index is 9.74. The number of rotatable bonds is 2. The molecular weight excluding hydrogens is 332 g/mol. The minimum Gasteiger partial charge on any atom is -0.507 e. The van der Waals surface area contributed by atoms with Crippen molar-refractivity contribution in [2.24, 2.45) is 0 Å². The highest BCUT2D eigenvalue weighted by molar-refractivity contribution is 9.10. The van der Waals surface area contributed by atoms with Gasteiger partial charge in [-0.2, -0.15) is 4.98 Å². The first-order chi connectivity index (χ1) is 9.15. The van der Waals surface area contributed by atoms with Gasteiger partial charge in [0.15, 0.2) is 0 Å². The normalized spacial score (nSPS) is 10.8. The standard InChI is InChI=1S/C12H7BrN2O3S/c13-6-4-9(19-5-6)11-14-12(18-15-11)10-7(16)2-1-3-8(10)17/h1-5,16-17H. The van der Waals surface area contributed by atoms with Gasteiger partial charge in [0, 0.05) is 9.85 Å². The van der Waals surface area contributed by atoms with Crippen LogP contribution in [0, 0.1) is 0 Å². The summed E-state index contributed by atoms with van der Waals surface area (Å²) < 4.78 is 6.02. The zero-order chi connectivity index (χ0) is 13.4. The predicted octanol–water partition coefficient (Wildman–Crippen LogP) is 3.64. The van der Waals surface area contributed by atoms with E-state index in [1.165, 1.54) is 29.5 Å². The van der Waals surface area contributed by atoms with Crippen LogP contribution in [0.3, 0.4) is 0 Å². The molecule has 0 unspecified atom stereocenters. The van der Waals surface area contributed by atoms with Gasteiger partial charge in [0.2, 0.25) is 5.82 Å². The van der Waals surface area contributed by atoms with Crippen molar-refractivity contribution in [2.75, 3.05) is 0 Å². The van der Waals surface area contributed by atoms with Crippen LogP contribution in [0.25, 0.3) is 22.2 Å². The highest BCUT2D eigenvalue weighted by atomic mass is 79.9. The molecule has 7 heteroatoms. The summed E-state index contributed by atoms with van der Waals surface area (Å²) >= 11 is 4.81. The van der Waals surface area contributed by atoms with Crippen LogP contribution in [-0.2, 0) is 0 Å². The first-order valence-electron chi connectivity index (χ1n) is 5.24. The molecule has 19 heavy (non-hydrogen) atoms. The topological polar surface area (TPSA) is 79.4 Å². The molecule has 3 aromatic rings. The Hall–Kier alpha value is -1.86. The largest absolute Gasteiger partial charge is 0.507 e. The molecule has 96 valence electrons. The van der Waals surface area contributed by atoms with Crippen molar-refractivity contribution in [1.29, 1.82) is 0 Å². The molecule has 0 aliphatic rings. The number of aromatic hydroxyl groups is 2. The van der Waals surface area contributed by atoms with Crippen molar-refractivity contribution in [2.45, 2.75) is 0 Å². The van der Waals surface area contributed by atoms with Crippen LogP contribution in [0.1, 0.15) is 0 Å². The van der Waals surface area contributed by atoms with Crippen molar-refractivity contribution in [3.63, 3.8) is 0 Å². The number of phenolic OH excluding ortho intramolecular Hbond substituents is 2. The summed E-state index contributed by atoms with van der Waals surface area (Å²) in [6, 6.07) is 6.28. The number of nitrogens with zero attached hydrogens (tertiary/aromatic N) is 2. The Labute approximate surface area is 120 Å². The van der Waals surface area contributed by atoms with Gasteiger partial charge in [-0.05, 0) is 34.1 Å². The van der Waals surface area contributed by atoms with Gasteiger partial charge in [0.1, 0.15) is 17.1 Å². The first kappa shape index (κ1) is 12.2. The molecule has 0 aliphatic heterocycles. The molecule has 5 nitrogen and oxygen atoms in total. The average Bonchev–Trinajstić information content (AvgIpc) is 2.98. The van der Waals surface area contributed by atoms with E-state index in [9.17, 15) is 10.2 Å². The Balaban J connectivity index is 2.06. The molecule has 1 aromatic carbocycles. The summed E-state index contributed by atoms with van der Waals surface area (Å²) in [4.78, 5) is 5.01. The third-order valence-corrected chi connectivity index (χ3v) is 4.14. The van der Waals surface area contributed by atoms with E-state index in [0.29, 0.717) is 5.82 Å². The van der Waals surface area contributed by atoms with E-state index in [4.69, 9.17) is 4.52 Å². The molecule has 2 aromatic heterocycles. The molecule has 0 saturated carbocycles. The van der Waals surface area contributed by atoms with Gasteiger partial charge in [-0.3, -0.25) is 0 Å². The highest BCUT2D eigenvalue weighted by Gasteiger charge is 2.18. The second kappa shape index (κ2) is 4.67. The van der Waals surface area contributed by atoms with Crippen LogP contribution in [0.5, 0.6) is 11.5 Å².